The van der Waals surface area contributed by atoms with Crippen LogP contribution in [0.4, 0.5) is 0 Å². The zero-order valence-corrected chi connectivity index (χ0v) is 18.0. The van der Waals surface area contributed by atoms with E-state index in [1.54, 1.807) is 0 Å². The fourth-order valence-electron chi connectivity index (χ4n) is 2.39. The zero-order chi connectivity index (χ0) is 21.0. The Kier molecular flexibility index (Phi) is 13.1. The summed E-state index contributed by atoms with van der Waals surface area (Å²) in [7, 11) is -12.0. The lowest BCUT2D eigenvalue weighted by Gasteiger charge is -2.23. The molecular formula is C13H32N2O9S2Si. The molecule has 0 unspecified atom stereocenters. The van der Waals surface area contributed by atoms with Crippen molar-refractivity contribution in [3.8, 4) is 0 Å². The lowest BCUT2D eigenvalue weighted by molar-refractivity contribution is 0.217. The molecule has 0 aliphatic carbocycles. The van der Waals surface area contributed by atoms with E-state index in [1.807, 2.05) is 4.90 Å². The van der Waals surface area contributed by atoms with Gasteiger partial charge in [0.15, 0.2) is 0 Å². The van der Waals surface area contributed by atoms with Crippen molar-refractivity contribution in [1.29, 1.82) is 0 Å². The van der Waals surface area contributed by atoms with E-state index in [0.29, 0.717) is 64.8 Å². The number of unbranched alkanes of at least 4 members (excludes halogenated alkanes) is 2. The molecule has 0 amide bonds. The van der Waals surface area contributed by atoms with Crippen LogP contribution in [-0.2, 0) is 20.2 Å². The summed E-state index contributed by atoms with van der Waals surface area (Å²) in [5, 5.41) is 3.13. The molecule has 0 heterocycles. The molecule has 0 aliphatic heterocycles. The van der Waals surface area contributed by atoms with Crippen molar-refractivity contribution in [2.75, 3.05) is 44.2 Å². The summed E-state index contributed by atoms with van der Waals surface area (Å²) >= 11 is 0. The number of rotatable bonds is 17. The van der Waals surface area contributed by atoms with Crippen LogP contribution >= 0.6 is 0 Å². The molecule has 14 heteroatoms. The Hall–Kier alpha value is -0.163. The molecule has 27 heavy (non-hydrogen) atoms. The summed E-state index contributed by atoms with van der Waals surface area (Å²) in [6.07, 6.45) is 2.15. The Morgan fingerprint density at radius 2 is 1.22 bits per heavy atom. The Balaban J connectivity index is 4.09. The predicted octanol–water partition coefficient (Wildman–Crippen LogP) is -1.48. The van der Waals surface area contributed by atoms with Gasteiger partial charge in [-0.05, 0) is 51.7 Å². The van der Waals surface area contributed by atoms with Crippen molar-refractivity contribution >= 4 is 29.0 Å². The molecule has 164 valence electrons. The Morgan fingerprint density at radius 3 is 1.74 bits per heavy atom. The average molecular weight is 453 g/mol. The summed E-state index contributed by atoms with van der Waals surface area (Å²) < 4.78 is 60.0. The van der Waals surface area contributed by atoms with Crippen LogP contribution in [0.15, 0.2) is 0 Å². The fraction of sp³-hybridized carbons (Fsp3) is 1.00. The standard InChI is InChI=1S/C13H32N2O9S2Si/c16-25(17,18)11-3-1-6-14-7-10-15(9-5-13-27(22,23)24)8-2-4-12-26(19,20)21/h14,22-24H,1-13H2,(H,16,17,18)(H,19,20,21). The first-order valence-electron chi connectivity index (χ1n) is 8.79. The molecule has 0 spiro atoms. The third-order valence-electron chi connectivity index (χ3n) is 3.72. The minimum atomic E-state index is -4.08. The maximum absolute atomic E-state index is 10.7. The van der Waals surface area contributed by atoms with Gasteiger partial charge in [0.05, 0.1) is 11.5 Å². The van der Waals surface area contributed by atoms with Crippen molar-refractivity contribution in [3.05, 3.63) is 0 Å². The molecule has 0 saturated carbocycles. The van der Waals surface area contributed by atoms with E-state index >= 15 is 0 Å². The highest BCUT2D eigenvalue weighted by molar-refractivity contribution is 7.86. The summed E-state index contributed by atoms with van der Waals surface area (Å²) in [6, 6.07) is -0.0857. The van der Waals surface area contributed by atoms with E-state index in [4.69, 9.17) is 23.5 Å². The molecule has 0 aliphatic rings. The van der Waals surface area contributed by atoms with Crippen LogP contribution in [0.5, 0.6) is 0 Å². The quantitative estimate of drug-likeness (QED) is 0.0858. The highest BCUT2D eigenvalue weighted by Gasteiger charge is 2.25. The van der Waals surface area contributed by atoms with E-state index in [2.05, 4.69) is 5.32 Å². The largest absolute Gasteiger partial charge is 0.492 e. The first-order chi connectivity index (χ1) is 12.3. The Morgan fingerprint density at radius 1 is 0.704 bits per heavy atom. The Labute approximate surface area is 162 Å². The number of nitrogens with zero attached hydrogens (tertiary/aromatic N) is 1. The topological polar surface area (TPSA) is 185 Å². The van der Waals surface area contributed by atoms with Crippen LogP contribution in [0.3, 0.4) is 0 Å². The number of hydrogen-bond donors (Lipinski definition) is 6. The molecular weight excluding hydrogens is 420 g/mol. The summed E-state index contributed by atoms with van der Waals surface area (Å²) in [5.41, 5.74) is 0. The van der Waals surface area contributed by atoms with Gasteiger partial charge in [0.2, 0.25) is 0 Å². The molecule has 6 N–H and O–H groups in total. The lowest BCUT2D eigenvalue weighted by Crippen LogP contribution is -2.37. The highest BCUT2D eigenvalue weighted by atomic mass is 32.2. The lowest BCUT2D eigenvalue weighted by atomic mass is 10.3. The molecule has 0 fully saturated rings. The predicted molar refractivity (Wildman–Crippen MR) is 102 cm³/mol. The SMILES string of the molecule is O=S(=O)(O)CCCCNCCN(CCCCS(=O)(=O)O)CCC[Si](O)(O)O. The van der Waals surface area contributed by atoms with Crippen molar-refractivity contribution in [2.45, 2.75) is 38.1 Å². The minimum absolute atomic E-state index is 0.0857. The third kappa shape index (κ3) is 22.0. The first kappa shape index (κ1) is 26.8. The van der Waals surface area contributed by atoms with E-state index in [9.17, 15) is 16.8 Å². The van der Waals surface area contributed by atoms with Gasteiger partial charge in [0.25, 0.3) is 20.2 Å². The van der Waals surface area contributed by atoms with Gasteiger partial charge in [-0.25, -0.2) is 0 Å². The molecule has 0 aromatic heterocycles. The van der Waals surface area contributed by atoms with Crippen molar-refractivity contribution < 1.29 is 40.3 Å². The maximum atomic E-state index is 10.7. The van der Waals surface area contributed by atoms with Gasteiger partial charge in [-0.1, -0.05) is 0 Å². The molecule has 11 nitrogen and oxygen atoms in total. The van der Waals surface area contributed by atoms with Gasteiger partial charge in [-0.3, -0.25) is 9.11 Å². The minimum Gasteiger partial charge on any atom is -0.390 e. The molecule has 0 aromatic rings. The van der Waals surface area contributed by atoms with Crippen LogP contribution < -0.4 is 5.32 Å². The smallest absolute Gasteiger partial charge is 0.390 e. The van der Waals surface area contributed by atoms with Crippen molar-refractivity contribution in [3.63, 3.8) is 0 Å². The Bertz CT molecular complexity index is 593. The van der Waals surface area contributed by atoms with E-state index in [1.165, 1.54) is 0 Å². The molecule has 0 bridgehead atoms. The first-order valence-corrected chi connectivity index (χ1v) is 14.1. The second-order valence-electron chi connectivity index (χ2n) is 6.46. The van der Waals surface area contributed by atoms with Crippen molar-refractivity contribution in [1.82, 2.24) is 10.2 Å². The molecule has 0 aromatic carbocycles. The van der Waals surface area contributed by atoms with Crippen LogP contribution in [0.2, 0.25) is 6.04 Å². The highest BCUT2D eigenvalue weighted by Crippen LogP contribution is 2.05. The number of nitrogens with one attached hydrogen (secondary N) is 1. The normalized spacial score (nSPS) is 13.4. The third-order valence-corrected chi connectivity index (χ3v) is 6.36. The second-order valence-corrected chi connectivity index (χ2v) is 11.6. The van der Waals surface area contributed by atoms with Gasteiger partial charge >= 0.3 is 8.80 Å². The van der Waals surface area contributed by atoms with Gasteiger partial charge in [-0.2, -0.15) is 16.8 Å². The van der Waals surface area contributed by atoms with Crippen LogP contribution in [-0.4, -0.2) is 98.3 Å². The molecule has 0 saturated heterocycles. The zero-order valence-electron chi connectivity index (χ0n) is 15.3. The molecule has 0 radical (unpaired) electrons. The maximum Gasteiger partial charge on any atom is 0.492 e. The fourth-order valence-corrected chi connectivity index (χ4v) is 4.16. The van der Waals surface area contributed by atoms with Crippen LogP contribution in [0.25, 0.3) is 0 Å². The van der Waals surface area contributed by atoms with Crippen molar-refractivity contribution in [2.24, 2.45) is 0 Å². The molecule has 0 atom stereocenters. The summed E-state index contributed by atoms with van der Waals surface area (Å²) in [4.78, 5) is 29.1. The van der Waals surface area contributed by atoms with Crippen LogP contribution in [0.1, 0.15) is 32.1 Å². The number of hydrogen-bond acceptors (Lipinski definition) is 9. The van der Waals surface area contributed by atoms with Crippen LogP contribution in [0, 0.1) is 0 Å². The average Bonchev–Trinajstić information content (AvgIpc) is 2.46. The summed E-state index contributed by atoms with van der Waals surface area (Å²) in [5.74, 6) is -0.587. The van der Waals surface area contributed by atoms with Gasteiger partial charge in [0, 0.05) is 19.1 Å². The van der Waals surface area contributed by atoms with E-state index < -0.39 is 29.0 Å². The monoisotopic (exact) mass is 452 g/mol. The van der Waals surface area contributed by atoms with Gasteiger partial charge < -0.3 is 24.6 Å². The molecule has 0 rings (SSSR count). The van der Waals surface area contributed by atoms with Gasteiger partial charge in [-0.15, -0.1) is 0 Å². The van der Waals surface area contributed by atoms with E-state index in [-0.39, 0.29) is 17.5 Å². The second kappa shape index (κ2) is 13.1. The van der Waals surface area contributed by atoms with Gasteiger partial charge in [0.1, 0.15) is 0 Å². The van der Waals surface area contributed by atoms with E-state index in [0.717, 1.165) is 0 Å². The summed E-state index contributed by atoms with van der Waals surface area (Å²) in [6.45, 7) is 2.81.